The van der Waals surface area contributed by atoms with Crippen LogP contribution >= 0.6 is 0 Å². The molecule has 2 aromatic carbocycles. The van der Waals surface area contributed by atoms with Gasteiger partial charge in [-0.1, -0.05) is 41.5 Å². The van der Waals surface area contributed by atoms with E-state index in [1.165, 1.54) is 10.7 Å². The molecule has 7 nitrogen and oxygen atoms in total. The number of benzene rings is 2. The molecule has 0 radical (unpaired) electrons. The Balaban J connectivity index is 1.80. The van der Waals surface area contributed by atoms with E-state index in [2.05, 4.69) is 26.2 Å². The number of halogens is 1. The van der Waals surface area contributed by atoms with Crippen LogP contribution in [0.2, 0.25) is 0 Å². The van der Waals surface area contributed by atoms with Crippen LogP contribution in [0.25, 0.3) is 0 Å². The first kappa shape index (κ1) is 16.9. The average Bonchev–Trinajstić information content (AvgIpc) is 3.11. The Morgan fingerprint density at radius 1 is 1.15 bits per heavy atom. The number of para-hydroxylation sites is 1. The predicted molar refractivity (Wildman–Crippen MR) is 98.5 cm³/mol. The van der Waals surface area contributed by atoms with E-state index in [0.29, 0.717) is 28.5 Å². The molecule has 2 N–H and O–H groups in total. The molecule has 4 rings (SSSR count). The van der Waals surface area contributed by atoms with Gasteiger partial charge < -0.3 is 10.6 Å². The summed E-state index contributed by atoms with van der Waals surface area (Å²) in [4.78, 5) is 13.1. The lowest BCUT2D eigenvalue weighted by Crippen LogP contribution is -2.32. The van der Waals surface area contributed by atoms with Gasteiger partial charge in [-0.2, -0.15) is 4.68 Å². The molecule has 136 valence electrons. The second-order valence-corrected chi connectivity index (χ2v) is 6.30. The number of carbonyl (C=O) groups excluding carboxylic acids is 1. The molecule has 1 atom stereocenters. The normalized spacial score (nSPS) is 15.9. The third-order valence-corrected chi connectivity index (χ3v) is 4.55. The molecule has 1 amide bonds. The van der Waals surface area contributed by atoms with Gasteiger partial charge in [0.15, 0.2) is 0 Å². The van der Waals surface area contributed by atoms with Crippen molar-refractivity contribution in [3.63, 3.8) is 0 Å². The summed E-state index contributed by atoms with van der Waals surface area (Å²) in [5, 5.41) is 17.4. The maximum atomic E-state index is 14.6. The van der Waals surface area contributed by atoms with Crippen LogP contribution in [0.1, 0.15) is 24.1 Å². The molecule has 27 heavy (non-hydrogen) atoms. The fourth-order valence-electron chi connectivity index (χ4n) is 3.19. The van der Waals surface area contributed by atoms with Gasteiger partial charge in [-0.25, -0.2) is 4.39 Å². The summed E-state index contributed by atoms with van der Waals surface area (Å²) >= 11 is 0. The van der Waals surface area contributed by atoms with E-state index in [9.17, 15) is 9.18 Å². The number of fused-ring (bicyclic) bond motifs is 1. The number of amides is 1. The van der Waals surface area contributed by atoms with Gasteiger partial charge in [0.25, 0.3) is 5.91 Å². The van der Waals surface area contributed by atoms with Gasteiger partial charge in [0.2, 0.25) is 5.95 Å². The Bertz CT molecular complexity index is 1060. The van der Waals surface area contributed by atoms with Gasteiger partial charge in [-0.3, -0.25) is 4.79 Å². The van der Waals surface area contributed by atoms with Crippen molar-refractivity contribution in [1.29, 1.82) is 0 Å². The summed E-state index contributed by atoms with van der Waals surface area (Å²) in [7, 11) is 0. The van der Waals surface area contributed by atoms with Crippen molar-refractivity contribution in [3.05, 3.63) is 76.7 Å². The first-order valence-electron chi connectivity index (χ1n) is 8.43. The third-order valence-electron chi connectivity index (χ3n) is 4.55. The molecule has 0 saturated carbocycles. The standard InChI is InChI=1S/C19H17FN6O/c1-11-7-3-6-10-15(11)22-18(27)16-12(2)21-19-23-24-25-26(19)17(16)13-8-4-5-9-14(13)20/h3-10,17H,1-2H3,(H,22,27)(H,21,23,25)/t17-/m1/s1. The van der Waals surface area contributed by atoms with E-state index in [0.717, 1.165) is 5.56 Å². The molecule has 3 aromatic rings. The van der Waals surface area contributed by atoms with Crippen LogP contribution in [-0.2, 0) is 4.79 Å². The summed E-state index contributed by atoms with van der Waals surface area (Å²) in [6, 6.07) is 13.0. The summed E-state index contributed by atoms with van der Waals surface area (Å²) in [6.45, 7) is 3.66. The fourth-order valence-corrected chi connectivity index (χ4v) is 3.19. The average molecular weight is 364 g/mol. The Kier molecular flexibility index (Phi) is 4.15. The van der Waals surface area contributed by atoms with E-state index >= 15 is 0 Å². The number of nitrogens with one attached hydrogen (secondary N) is 2. The molecule has 0 saturated heterocycles. The number of hydrogen-bond donors (Lipinski definition) is 2. The highest BCUT2D eigenvalue weighted by Crippen LogP contribution is 2.36. The van der Waals surface area contributed by atoms with E-state index in [1.807, 2.05) is 31.2 Å². The summed E-state index contributed by atoms with van der Waals surface area (Å²) in [5.74, 6) is -0.420. The SMILES string of the molecule is CC1=C(C(=O)Nc2ccccc2C)[C@@H](c2ccccc2F)n2nnnc2N1. The molecular formula is C19H17FN6O. The number of allylic oxidation sites excluding steroid dienone is 1. The number of aromatic nitrogens is 4. The van der Waals surface area contributed by atoms with E-state index in [-0.39, 0.29) is 5.91 Å². The highest BCUT2D eigenvalue weighted by atomic mass is 19.1. The lowest BCUT2D eigenvalue weighted by molar-refractivity contribution is -0.113. The molecule has 1 aliphatic heterocycles. The smallest absolute Gasteiger partial charge is 0.255 e. The van der Waals surface area contributed by atoms with Gasteiger partial charge in [0.05, 0.1) is 5.57 Å². The van der Waals surface area contributed by atoms with Gasteiger partial charge in [-0.15, -0.1) is 0 Å². The molecule has 2 heterocycles. The minimum atomic E-state index is -0.776. The molecule has 8 heteroatoms. The summed E-state index contributed by atoms with van der Waals surface area (Å²) < 4.78 is 16.0. The van der Waals surface area contributed by atoms with Crippen LogP contribution < -0.4 is 10.6 Å². The Labute approximate surface area is 154 Å². The second-order valence-electron chi connectivity index (χ2n) is 6.30. The van der Waals surface area contributed by atoms with Crippen molar-refractivity contribution in [3.8, 4) is 0 Å². The van der Waals surface area contributed by atoms with Gasteiger partial charge >= 0.3 is 0 Å². The fraction of sp³-hybridized carbons (Fsp3) is 0.158. The van der Waals surface area contributed by atoms with Gasteiger partial charge in [0.1, 0.15) is 11.9 Å². The molecular weight excluding hydrogens is 347 g/mol. The van der Waals surface area contributed by atoms with Gasteiger partial charge in [-0.05, 0) is 42.0 Å². The minimum absolute atomic E-state index is 0.321. The van der Waals surface area contributed by atoms with Crippen LogP contribution in [-0.4, -0.2) is 26.1 Å². The quantitative estimate of drug-likeness (QED) is 0.746. The van der Waals surface area contributed by atoms with Gasteiger partial charge in [0, 0.05) is 16.9 Å². The molecule has 0 unspecified atom stereocenters. The number of hydrogen-bond acceptors (Lipinski definition) is 5. The van der Waals surface area contributed by atoms with E-state index in [4.69, 9.17) is 0 Å². The first-order valence-corrected chi connectivity index (χ1v) is 8.43. The lowest BCUT2D eigenvalue weighted by Gasteiger charge is -2.28. The van der Waals surface area contributed by atoms with Crippen molar-refractivity contribution in [2.24, 2.45) is 0 Å². The first-order chi connectivity index (χ1) is 13.1. The number of tetrazole rings is 1. The van der Waals surface area contributed by atoms with Crippen molar-refractivity contribution >= 4 is 17.5 Å². The topological polar surface area (TPSA) is 84.7 Å². The zero-order valence-corrected chi connectivity index (χ0v) is 14.8. The minimum Gasteiger partial charge on any atom is -0.326 e. The molecule has 1 aromatic heterocycles. The van der Waals surface area contributed by atoms with Crippen LogP contribution in [0, 0.1) is 12.7 Å². The van der Waals surface area contributed by atoms with E-state index in [1.54, 1.807) is 25.1 Å². The lowest BCUT2D eigenvalue weighted by atomic mass is 9.94. The number of nitrogens with zero attached hydrogens (tertiary/aromatic N) is 4. The van der Waals surface area contributed by atoms with E-state index < -0.39 is 11.9 Å². The second kappa shape index (κ2) is 6.64. The zero-order chi connectivity index (χ0) is 19.0. The highest BCUT2D eigenvalue weighted by Gasteiger charge is 2.35. The monoisotopic (exact) mass is 364 g/mol. The third kappa shape index (κ3) is 2.95. The molecule has 0 spiro atoms. The van der Waals surface area contributed by atoms with Crippen LogP contribution in [0.4, 0.5) is 16.0 Å². The largest absolute Gasteiger partial charge is 0.326 e. The highest BCUT2D eigenvalue weighted by molar-refractivity contribution is 6.06. The summed E-state index contributed by atoms with van der Waals surface area (Å²) in [5.41, 5.74) is 2.86. The predicted octanol–water partition coefficient (Wildman–Crippen LogP) is 3.05. The van der Waals surface area contributed by atoms with Crippen LogP contribution in [0.5, 0.6) is 0 Å². The maximum Gasteiger partial charge on any atom is 0.255 e. The Hall–Kier alpha value is -3.55. The molecule has 0 bridgehead atoms. The zero-order valence-electron chi connectivity index (χ0n) is 14.8. The Morgan fingerprint density at radius 2 is 1.89 bits per heavy atom. The number of aryl methyl sites for hydroxylation is 1. The van der Waals surface area contributed by atoms with Crippen LogP contribution in [0.15, 0.2) is 59.8 Å². The van der Waals surface area contributed by atoms with Crippen molar-refractivity contribution in [1.82, 2.24) is 20.2 Å². The molecule has 0 aliphatic carbocycles. The van der Waals surface area contributed by atoms with Crippen molar-refractivity contribution in [2.45, 2.75) is 19.9 Å². The number of rotatable bonds is 3. The molecule has 1 aliphatic rings. The number of anilines is 2. The van der Waals surface area contributed by atoms with Crippen LogP contribution in [0.3, 0.4) is 0 Å². The Morgan fingerprint density at radius 3 is 2.67 bits per heavy atom. The van der Waals surface area contributed by atoms with Crippen molar-refractivity contribution in [2.75, 3.05) is 10.6 Å². The maximum absolute atomic E-state index is 14.6. The van der Waals surface area contributed by atoms with Crippen molar-refractivity contribution < 1.29 is 9.18 Å². The number of carbonyl (C=O) groups is 1. The summed E-state index contributed by atoms with van der Waals surface area (Å²) in [6.07, 6.45) is 0. The molecule has 0 fully saturated rings.